The van der Waals surface area contributed by atoms with Crippen molar-refractivity contribution >= 4 is 5.91 Å². The fourth-order valence-corrected chi connectivity index (χ4v) is 8.29. The number of hydrogen-bond acceptors (Lipinski definition) is 13. The van der Waals surface area contributed by atoms with E-state index in [1.807, 2.05) is 6.08 Å². The van der Waals surface area contributed by atoms with E-state index in [0.717, 1.165) is 51.4 Å². The Morgan fingerprint density at radius 1 is 0.538 bits per heavy atom. The van der Waals surface area contributed by atoms with Crippen molar-refractivity contribution in [3.63, 3.8) is 0 Å². The third-order valence-corrected chi connectivity index (χ3v) is 12.5. The summed E-state index contributed by atoms with van der Waals surface area (Å²) in [6.45, 7) is 2.71. The minimum Gasteiger partial charge on any atom is -0.394 e. The van der Waals surface area contributed by atoms with E-state index >= 15 is 0 Å². The quantitative estimate of drug-likeness (QED) is 0.0231. The number of allylic oxidation sites excluding steroid dienone is 5. The lowest BCUT2D eigenvalue weighted by Crippen LogP contribution is -2.65. The number of carbonyl (C=O) groups is 1. The molecule has 12 unspecified atom stereocenters. The predicted octanol–water partition coefficient (Wildman–Crippen LogP) is 6.71. The molecule has 380 valence electrons. The molecule has 0 spiro atoms. The molecule has 65 heavy (non-hydrogen) atoms. The van der Waals surface area contributed by atoms with Crippen LogP contribution in [0.2, 0.25) is 0 Å². The second-order valence-corrected chi connectivity index (χ2v) is 18.3. The van der Waals surface area contributed by atoms with Crippen LogP contribution in [0.15, 0.2) is 36.5 Å². The van der Waals surface area contributed by atoms with Crippen LogP contribution in [-0.2, 0) is 23.7 Å². The molecule has 0 aromatic heterocycles. The third kappa shape index (κ3) is 25.4. The molecular weight excluding hydrogens is 835 g/mol. The zero-order valence-corrected chi connectivity index (χ0v) is 40.2. The lowest BCUT2D eigenvalue weighted by molar-refractivity contribution is -0.359. The Balaban J connectivity index is 1.85. The monoisotopic (exact) mass is 928 g/mol. The molecule has 2 heterocycles. The molecule has 2 aliphatic heterocycles. The third-order valence-electron chi connectivity index (χ3n) is 12.5. The van der Waals surface area contributed by atoms with Gasteiger partial charge in [-0.15, -0.1) is 0 Å². The fraction of sp³-hybridized carbons (Fsp3) is 0.863. The number of aliphatic hydroxyl groups is 8. The van der Waals surface area contributed by atoms with Gasteiger partial charge < -0.3 is 65.1 Å². The van der Waals surface area contributed by atoms with Gasteiger partial charge in [-0.2, -0.15) is 0 Å². The molecular formula is C51H93NO13. The van der Waals surface area contributed by atoms with Crippen molar-refractivity contribution in [3.05, 3.63) is 36.5 Å². The predicted molar refractivity (Wildman–Crippen MR) is 254 cm³/mol. The van der Waals surface area contributed by atoms with Crippen LogP contribution in [0.5, 0.6) is 0 Å². The molecule has 0 aromatic carbocycles. The van der Waals surface area contributed by atoms with Crippen LogP contribution in [0.1, 0.15) is 187 Å². The maximum Gasteiger partial charge on any atom is 0.220 e. The Hall–Kier alpha value is -1.79. The molecule has 2 aliphatic rings. The van der Waals surface area contributed by atoms with E-state index < -0.39 is 86.8 Å². The first-order chi connectivity index (χ1) is 31.6. The second kappa shape index (κ2) is 38.1. The van der Waals surface area contributed by atoms with E-state index in [2.05, 4.69) is 43.5 Å². The SMILES string of the molecule is CCCC/C=C\CCCCCCCC(=O)NC(COC1OC(CO)C(OC2OC(CO)C(O)C(O)C2O)C(O)C1O)C(O)/C=C/CC/C=C/CCCCCCCCCCCCCCCC. The van der Waals surface area contributed by atoms with Crippen molar-refractivity contribution in [2.24, 2.45) is 0 Å². The number of nitrogens with one attached hydrogen (secondary N) is 1. The van der Waals surface area contributed by atoms with Crippen molar-refractivity contribution in [1.82, 2.24) is 5.32 Å². The van der Waals surface area contributed by atoms with Gasteiger partial charge in [0, 0.05) is 6.42 Å². The smallest absolute Gasteiger partial charge is 0.220 e. The lowest BCUT2D eigenvalue weighted by Gasteiger charge is -2.46. The average Bonchev–Trinajstić information content (AvgIpc) is 3.30. The second-order valence-electron chi connectivity index (χ2n) is 18.3. The molecule has 2 fully saturated rings. The first-order valence-corrected chi connectivity index (χ1v) is 25.7. The summed E-state index contributed by atoms with van der Waals surface area (Å²) in [6, 6.07) is -0.933. The van der Waals surface area contributed by atoms with Crippen molar-refractivity contribution in [2.45, 2.75) is 261 Å². The van der Waals surface area contributed by atoms with Gasteiger partial charge in [0.1, 0.15) is 48.8 Å². The molecule has 9 N–H and O–H groups in total. The summed E-state index contributed by atoms with van der Waals surface area (Å²) in [6.07, 6.45) is 26.2. The van der Waals surface area contributed by atoms with Crippen molar-refractivity contribution < 1.29 is 64.6 Å². The first kappa shape index (κ1) is 59.3. The van der Waals surface area contributed by atoms with Crippen LogP contribution >= 0.6 is 0 Å². The highest BCUT2D eigenvalue weighted by atomic mass is 16.7. The number of carbonyl (C=O) groups excluding carboxylic acids is 1. The van der Waals surface area contributed by atoms with Crippen molar-refractivity contribution in [3.8, 4) is 0 Å². The van der Waals surface area contributed by atoms with E-state index in [4.69, 9.17) is 18.9 Å². The molecule has 0 aromatic rings. The van der Waals surface area contributed by atoms with Gasteiger partial charge in [0.25, 0.3) is 0 Å². The van der Waals surface area contributed by atoms with Crippen LogP contribution < -0.4 is 5.32 Å². The van der Waals surface area contributed by atoms with Crippen LogP contribution in [-0.4, -0.2) is 140 Å². The molecule has 0 aliphatic carbocycles. The van der Waals surface area contributed by atoms with Gasteiger partial charge >= 0.3 is 0 Å². The zero-order valence-electron chi connectivity index (χ0n) is 40.2. The van der Waals surface area contributed by atoms with E-state index in [1.165, 1.54) is 103 Å². The number of rotatable bonds is 39. The van der Waals surface area contributed by atoms with Crippen LogP contribution in [0.3, 0.4) is 0 Å². The summed E-state index contributed by atoms with van der Waals surface area (Å²) in [5.74, 6) is -0.261. The average molecular weight is 928 g/mol. The van der Waals surface area contributed by atoms with Gasteiger partial charge in [-0.25, -0.2) is 0 Å². The largest absolute Gasteiger partial charge is 0.394 e. The minimum absolute atomic E-state index is 0.261. The van der Waals surface area contributed by atoms with Crippen molar-refractivity contribution in [2.75, 3.05) is 19.8 Å². The van der Waals surface area contributed by atoms with Crippen LogP contribution in [0.25, 0.3) is 0 Å². The van der Waals surface area contributed by atoms with Crippen molar-refractivity contribution in [1.29, 1.82) is 0 Å². The summed E-state index contributed by atoms with van der Waals surface area (Å²) in [5.41, 5.74) is 0. The van der Waals surface area contributed by atoms with E-state index in [0.29, 0.717) is 12.8 Å². The number of unbranched alkanes of at least 4 members (excludes halogenated alkanes) is 22. The standard InChI is InChI=1S/C51H93NO13/c1-3-5-7-9-11-13-15-16-17-18-19-20-21-22-23-25-26-28-30-32-34-40(55)39(52-43(56)35-33-31-29-27-24-14-12-10-8-6-4-2)38-62-50-48(61)46(59)49(42(37-54)64-50)65-51-47(60)45(58)44(57)41(36-53)63-51/h10,12,25-26,32,34,39-42,44-51,53-55,57-61H,3-9,11,13-24,27-31,33,35-38H2,1-2H3,(H,52,56)/b12-10-,26-25+,34-32+. The Bertz CT molecular complexity index is 1230. The number of aliphatic hydroxyl groups excluding tert-OH is 8. The molecule has 2 rings (SSSR count). The molecule has 0 saturated carbocycles. The van der Waals surface area contributed by atoms with Gasteiger partial charge in [-0.1, -0.05) is 166 Å². The Labute approximate surface area is 391 Å². The van der Waals surface area contributed by atoms with E-state index in [1.54, 1.807) is 6.08 Å². The maximum absolute atomic E-state index is 13.1. The molecule has 1 amide bonds. The van der Waals surface area contributed by atoms with Crippen LogP contribution in [0.4, 0.5) is 0 Å². The zero-order chi connectivity index (χ0) is 47.5. The lowest BCUT2D eigenvalue weighted by atomic mass is 9.97. The topological polar surface area (TPSA) is 228 Å². The molecule has 14 heteroatoms. The molecule has 2 saturated heterocycles. The van der Waals surface area contributed by atoms with Gasteiger partial charge in [-0.3, -0.25) is 4.79 Å². The van der Waals surface area contributed by atoms with Gasteiger partial charge in [-0.05, 0) is 51.4 Å². The summed E-state index contributed by atoms with van der Waals surface area (Å²) in [7, 11) is 0. The Kier molecular flexibility index (Phi) is 34.8. The Morgan fingerprint density at radius 2 is 1.00 bits per heavy atom. The summed E-state index contributed by atoms with van der Waals surface area (Å²) in [5, 5.41) is 86.6. The summed E-state index contributed by atoms with van der Waals surface area (Å²) >= 11 is 0. The van der Waals surface area contributed by atoms with E-state index in [-0.39, 0.29) is 18.9 Å². The summed E-state index contributed by atoms with van der Waals surface area (Å²) in [4.78, 5) is 13.1. The maximum atomic E-state index is 13.1. The minimum atomic E-state index is -1.79. The van der Waals surface area contributed by atoms with Gasteiger partial charge in [0.05, 0.1) is 32.0 Å². The highest BCUT2D eigenvalue weighted by Crippen LogP contribution is 2.30. The highest BCUT2D eigenvalue weighted by Gasteiger charge is 2.51. The van der Waals surface area contributed by atoms with Gasteiger partial charge in [0.2, 0.25) is 5.91 Å². The molecule has 0 bridgehead atoms. The van der Waals surface area contributed by atoms with Gasteiger partial charge in [0.15, 0.2) is 12.6 Å². The molecule has 0 radical (unpaired) electrons. The number of amides is 1. The van der Waals surface area contributed by atoms with Crippen LogP contribution in [0, 0.1) is 0 Å². The van der Waals surface area contributed by atoms with E-state index in [9.17, 15) is 45.6 Å². The summed E-state index contributed by atoms with van der Waals surface area (Å²) < 4.78 is 22.6. The highest BCUT2D eigenvalue weighted by molar-refractivity contribution is 5.76. The fourth-order valence-electron chi connectivity index (χ4n) is 8.29. The Morgan fingerprint density at radius 3 is 1.55 bits per heavy atom. The number of ether oxygens (including phenoxy) is 4. The normalized spacial score (nSPS) is 27.3. The first-order valence-electron chi connectivity index (χ1n) is 25.7. The molecule has 12 atom stereocenters. The number of hydrogen-bond donors (Lipinski definition) is 9. The molecule has 14 nitrogen and oxygen atoms in total.